The monoisotopic (exact) mass is 304 g/mol. The summed E-state index contributed by atoms with van der Waals surface area (Å²) in [6, 6.07) is 7.27. The largest absolute Gasteiger partial charge is 0.487 e. The zero-order valence-corrected chi connectivity index (χ0v) is 13.3. The van der Waals surface area contributed by atoms with Gasteiger partial charge in [-0.15, -0.1) is 0 Å². The average Bonchev–Trinajstić information content (AvgIpc) is 2.48. The molecule has 1 aromatic carbocycles. The molecule has 0 aliphatic heterocycles. The van der Waals surface area contributed by atoms with E-state index in [1.54, 1.807) is 26.4 Å². The van der Waals surface area contributed by atoms with Crippen molar-refractivity contribution in [2.45, 2.75) is 26.1 Å². The van der Waals surface area contributed by atoms with Gasteiger partial charge in [0.2, 0.25) is 0 Å². The van der Waals surface area contributed by atoms with E-state index in [0.717, 1.165) is 0 Å². The highest BCUT2D eigenvalue weighted by Crippen LogP contribution is 2.30. The fourth-order valence-electron chi connectivity index (χ4n) is 1.95. The topological polar surface area (TPSA) is 84.5 Å². The van der Waals surface area contributed by atoms with Gasteiger partial charge in [-0.2, -0.15) is 10.5 Å². The Morgan fingerprint density at radius 2 is 1.23 bits per heavy atom. The van der Waals surface area contributed by atoms with Crippen molar-refractivity contribution in [3.05, 3.63) is 23.3 Å². The highest BCUT2D eigenvalue weighted by atomic mass is 16.5. The van der Waals surface area contributed by atoms with Crippen molar-refractivity contribution in [2.24, 2.45) is 0 Å². The molecule has 0 aliphatic rings. The lowest BCUT2D eigenvalue weighted by atomic mass is 10.1. The summed E-state index contributed by atoms with van der Waals surface area (Å²) >= 11 is 0. The minimum absolute atomic E-state index is 0.160. The summed E-state index contributed by atoms with van der Waals surface area (Å²) < 4.78 is 21.3. The van der Waals surface area contributed by atoms with Crippen molar-refractivity contribution in [3.8, 4) is 23.6 Å². The van der Waals surface area contributed by atoms with E-state index in [4.69, 9.17) is 18.9 Å². The Morgan fingerprint density at radius 3 is 1.50 bits per heavy atom. The van der Waals surface area contributed by atoms with Gasteiger partial charge in [-0.05, 0) is 26.0 Å². The lowest BCUT2D eigenvalue weighted by molar-refractivity contribution is 0.0893. The van der Waals surface area contributed by atoms with Gasteiger partial charge < -0.3 is 18.9 Å². The van der Waals surface area contributed by atoms with Crippen molar-refractivity contribution in [2.75, 3.05) is 27.4 Å². The number of methoxy groups -OCH3 is 2. The van der Waals surface area contributed by atoms with Crippen LogP contribution in [0.5, 0.6) is 11.5 Å². The van der Waals surface area contributed by atoms with Gasteiger partial charge in [0.05, 0.1) is 13.2 Å². The van der Waals surface area contributed by atoms with Crippen LogP contribution >= 0.6 is 0 Å². The molecule has 22 heavy (non-hydrogen) atoms. The Hall–Kier alpha value is -2.28. The van der Waals surface area contributed by atoms with Crippen molar-refractivity contribution in [1.82, 2.24) is 0 Å². The normalized spacial score (nSPS) is 12.8. The molecule has 0 spiro atoms. The lowest BCUT2D eigenvalue weighted by Crippen LogP contribution is -2.20. The van der Waals surface area contributed by atoms with E-state index in [1.165, 1.54) is 0 Å². The summed E-state index contributed by atoms with van der Waals surface area (Å²) in [6.07, 6.45) is -0.467. The zero-order valence-electron chi connectivity index (χ0n) is 13.3. The van der Waals surface area contributed by atoms with Crippen LogP contribution in [0, 0.1) is 22.7 Å². The van der Waals surface area contributed by atoms with Crippen LogP contribution in [0.2, 0.25) is 0 Å². The van der Waals surface area contributed by atoms with Crippen LogP contribution in [-0.2, 0) is 9.47 Å². The fourth-order valence-corrected chi connectivity index (χ4v) is 1.95. The first-order valence-electron chi connectivity index (χ1n) is 6.85. The number of nitriles is 2. The van der Waals surface area contributed by atoms with E-state index in [9.17, 15) is 10.5 Å². The maximum Gasteiger partial charge on any atom is 0.139 e. The third-order valence-corrected chi connectivity index (χ3v) is 2.81. The highest BCUT2D eigenvalue weighted by molar-refractivity contribution is 5.60. The Bertz CT molecular complexity index is 524. The van der Waals surface area contributed by atoms with Crippen LogP contribution in [0.4, 0.5) is 0 Å². The quantitative estimate of drug-likeness (QED) is 0.732. The van der Waals surface area contributed by atoms with Crippen molar-refractivity contribution in [3.63, 3.8) is 0 Å². The predicted octanol–water partition coefficient (Wildman–Crippen LogP) is 2.26. The lowest BCUT2D eigenvalue weighted by Gasteiger charge is -2.18. The molecule has 0 N–H and O–H groups in total. The summed E-state index contributed by atoms with van der Waals surface area (Å²) in [6.45, 7) is 4.41. The molecule has 0 aromatic heterocycles. The van der Waals surface area contributed by atoms with Gasteiger partial charge in [0, 0.05) is 14.2 Å². The zero-order chi connectivity index (χ0) is 16.5. The molecule has 0 saturated heterocycles. The second-order valence-corrected chi connectivity index (χ2v) is 4.80. The van der Waals surface area contributed by atoms with E-state index in [2.05, 4.69) is 0 Å². The maximum absolute atomic E-state index is 9.34. The van der Waals surface area contributed by atoms with Gasteiger partial charge in [0.1, 0.15) is 47.0 Å². The Morgan fingerprint density at radius 1 is 0.864 bits per heavy atom. The van der Waals surface area contributed by atoms with Gasteiger partial charge in [0.25, 0.3) is 0 Å². The molecule has 2 atom stereocenters. The van der Waals surface area contributed by atoms with Crippen LogP contribution in [0.3, 0.4) is 0 Å². The molecule has 0 bridgehead atoms. The molecular formula is C16H20N2O4. The Balaban J connectivity index is 3.10. The molecule has 6 heteroatoms. The van der Waals surface area contributed by atoms with Gasteiger partial charge in [-0.3, -0.25) is 0 Å². The summed E-state index contributed by atoms with van der Waals surface area (Å²) in [5.41, 5.74) is 0.320. The van der Waals surface area contributed by atoms with Crippen LogP contribution in [0.25, 0.3) is 0 Å². The number of nitrogens with zero attached hydrogens (tertiary/aromatic N) is 2. The summed E-state index contributed by atoms with van der Waals surface area (Å²) in [7, 11) is 3.14. The third kappa shape index (κ3) is 4.63. The predicted molar refractivity (Wildman–Crippen MR) is 79.8 cm³/mol. The molecular weight excluding hydrogens is 284 g/mol. The Kier molecular flexibility index (Phi) is 7.18. The first-order chi connectivity index (χ1) is 10.6. The molecule has 6 nitrogen and oxygen atoms in total. The molecule has 1 rings (SSSR count). The highest BCUT2D eigenvalue weighted by Gasteiger charge is 2.18. The molecule has 0 aliphatic carbocycles. The van der Waals surface area contributed by atoms with Crippen LogP contribution < -0.4 is 9.47 Å². The second-order valence-electron chi connectivity index (χ2n) is 4.80. The SMILES string of the molecule is COCC(C)Oc1ccc(OC(C)COC)c(C#N)c1C#N. The van der Waals surface area contributed by atoms with Crippen LogP contribution in [0.15, 0.2) is 12.1 Å². The minimum Gasteiger partial charge on any atom is -0.487 e. The molecule has 0 fully saturated rings. The average molecular weight is 304 g/mol. The molecule has 1 aromatic rings. The van der Waals surface area contributed by atoms with Crippen molar-refractivity contribution >= 4 is 0 Å². The third-order valence-electron chi connectivity index (χ3n) is 2.81. The molecule has 118 valence electrons. The smallest absolute Gasteiger partial charge is 0.139 e. The molecule has 2 unspecified atom stereocenters. The molecule has 0 amide bonds. The Labute approximate surface area is 130 Å². The van der Waals surface area contributed by atoms with E-state index >= 15 is 0 Å². The number of hydrogen-bond acceptors (Lipinski definition) is 6. The number of hydrogen-bond donors (Lipinski definition) is 0. The maximum atomic E-state index is 9.34. The first-order valence-corrected chi connectivity index (χ1v) is 6.85. The van der Waals surface area contributed by atoms with Crippen LogP contribution in [0.1, 0.15) is 25.0 Å². The summed E-state index contributed by atoms with van der Waals surface area (Å²) in [5.74, 6) is 0.686. The van der Waals surface area contributed by atoms with Gasteiger partial charge in [-0.25, -0.2) is 0 Å². The van der Waals surface area contributed by atoms with Gasteiger partial charge in [-0.1, -0.05) is 0 Å². The van der Waals surface area contributed by atoms with Gasteiger partial charge >= 0.3 is 0 Å². The number of ether oxygens (including phenoxy) is 4. The minimum atomic E-state index is -0.233. The van der Waals surface area contributed by atoms with Crippen molar-refractivity contribution < 1.29 is 18.9 Å². The van der Waals surface area contributed by atoms with Gasteiger partial charge in [0.15, 0.2) is 0 Å². The van der Waals surface area contributed by atoms with E-state index in [0.29, 0.717) is 24.7 Å². The number of rotatable bonds is 8. The second kappa shape index (κ2) is 8.89. The van der Waals surface area contributed by atoms with Crippen LogP contribution in [-0.4, -0.2) is 39.6 Å². The summed E-state index contributed by atoms with van der Waals surface area (Å²) in [4.78, 5) is 0. The van der Waals surface area contributed by atoms with E-state index in [1.807, 2.05) is 26.0 Å². The molecule has 0 heterocycles. The van der Waals surface area contributed by atoms with E-state index in [-0.39, 0.29) is 23.3 Å². The summed E-state index contributed by atoms with van der Waals surface area (Å²) in [5, 5.41) is 18.7. The molecule has 0 saturated carbocycles. The fraction of sp³-hybridized carbons (Fsp3) is 0.500. The standard InChI is InChI=1S/C16H20N2O4/c1-11(9-19-3)21-15-5-6-16(22-12(2)10-20-4)14(8-18)13(15)7-17/h5-6,11-12H,9-10H2,1-4H3. The number of benzene rings is 1. The first kappa shape index (κ1) is 17.8. The molecule has 0 radical (unpaired) electrons. The van der Waals surface area contributed by atoms with Crippen molar-refractivity contribution in [1.29, 1.82) is 10.5 Å². The van der Waals surface area contributed by atoms with E-state index < -0.39 is 0 Å².